The molecule has 1 aromatic carbocycles. The van der Waals surface area contributed by atoms with Crippen LogP contribution in [0, 0.1) is 5.92 Å². The molecule has 2 aliphatic rings. The molecule has 1 amide bonds. The third-order valence-electron chi connectivity index (χ3n) is 6.19. The van der Waals surface area contributed by atoms with Gasteiger partial charge in [0.15, 0.2) is 6.10 Å². The van der Waals surface area contributed by atoms with Gasteiger partial charge in [0.1, 0.15) is 0 Å². The summed E-state index contributed by atoms with van der Waals surface area (Å²) in [4.78, 5) is 25.2. The van der Waals surface area contributed by atoms with Gasteiger partial charge in [-0.2, -0.15) is 4.31 Å². The molecule has 0 radical (unpaired) electrons. The first-order valence-corrected chi connectivity index (χ1v) is 12.8. The topological polar surface area (TPSA) is 102 Å². The Morgan fingerprint density at radius 2 is 1.78 bits per heavy atom. The van der Waals surface area contributed by atoms with Gasteiger partial charge in [0.05, 0.1) is 22.7 Å². The highest BCUT2D eigenvalue weighted by atomic mass is 32.2. The van der Waals surface area contributed by atoms with Crippen LogP contribution in [0.2, 0.25) is 0 Å². The van der Waals surface area contributed by atoms with E-state index in [2.05, 4.69) is 12.2 Å². The van der Waals surface area contributed by atoms with Crippen molar-refractivity contribution in [3.05, 3.63) is 29.8 Å². The van der Waals surface area contributed by atoms with E-state index < -0.39 is 22.1 Å². The van der Waals surface area contributed by atoms with Gasteiger partial charge in [-0.05, 0) is 57.7 Å². The summed E-state index contributed by atoms with van der Waals surface area (Å²) >= 11 is 0. The second-order valence-electron chi connectivity index (χ2n) is 9.03. The molecule has 0 spiro atoms. The van der Waals surface area contributed by atoms with E-state index in [0.717, 1.165) is 19.3 Å². The van der Waals surface area contributed by atoms with Crippen molar-refractivity contribution in [2.45, 2.75) is 82.6 Å². The molecule has 8 nitrogen and oxygen atoms in total. The van der Waals surface area contributed by atoms with Gasteiger partial charge in [-0.15, -0.1) is 0 Å². The largest absolute Gasteiger partial charge is 0.449 e. The van der Waals surface area contributed by atoms with Gasteiger partial charge >= 0.3 is 5.97 Å². The smallest absolute Gasteiger partial charge is 0.338 e. The van der Waals surface area contributed by atoms with E-state index in [0.29, 0.717) is 5.92 Å². The molecule has 1 heterocycles. The van der Waals surface area contributed by atoms with E-state index in [9.17, 15) is 18.0 Å². The number of carbonyl (C=O) groups excluding carboxylic acids is 2. The van der Waals surface area contributed by atoms with E-state index in [4.69, 9.17) is 9.47 Å². The summed E-state index contributed by atoms with van der Waals surface area (Å²) in [5.74, 6) is -0.676. The second-order valence-corrected chi connectivity index (χ2v) is 11.0. The SMILES string of the molecule is C[C@@H]1CN(S(=O)(=O)c2cccc(C(=O)O[C@H](C)C(=O)N[C@@H]3CCCC[C@H]3C)c2)C[C@@H](C)O1. The zero-order valence-corrected chi connectivity index (χ0v) is 20.1. The summed E-state index contributed by atoms with van der Waals surface area (Å²) in [7, 11) is -3.79. The molecule has 0 unspecified atom stereocenters. The Hall–Kier alpha value is -1.97. The van der Waals surface area contributed by atoms with E-state index in [1.165, 1.54) is 41.9 Å². The minimum atomic E-state index is -3.79. The molecule has 0 aromatic heterocycles. The summed E-state index contributed by atoms with van der Waals surface area (Å²) in [5.41, 5.74) is 0.0890. The van der Waals surface area contributed by atoms with Gasteiger partial charge in [-0.3, -0.25) is 4.79 Å². The molecule has 5 atom stereocenters. The van der Waals surface area contributed by atoms with Gasteiger partial charge in [-0.1, -0.05) is 25.8 Å². The molecular formula is C23H34N2O6S. The number of sulfonamides is 1. The van der Waals surface area contributed by atoms with Crippen LogP contribution in [0.25, 0.3) is 0 Å². The summed E-state index contributed by atoms with van der Waals surface area (Å²) in [6.07, 6.45) is 2.83. The molecule has 3 rings (SSSR count). The van der Waals surface area contributed by atoms with E-state index in [1.807, 2.05) is 13.8 Å². The van der Waals surface area contributed by atoms with Crippen molar-refractivity contribution in [2.24, 2.45) is 5.92 Å². The average Bonchev–Trinajstić information content (AvgIpc) is 2.74. The van der Waals surface area contributed by atoms with Crippen molar-refractivity contribution in [3.63, 3.8) is 0 Å². The Morgan fingerprint density at radius 1 is 1.12 bits per heavy atom. The molecule has 9 heteroatoms. The third-order valence-corrected chi connectivity index (χ3v) is 8.01. The first kappa shape index (κ1) is 24.7. The Balaban J connectivity index is 1.66. The number of carbonyl (C=O) groups is 2. The molecule has 32 heavy (non-hydrogen) atoms. The number of nitrogens with zero attached hydrogens (tertiary/aromatic N) is 1. The van der Waals surface area contributed by atoms with Crippen molar-refractivity contribution in [3.8, 4) is 0 Å². The summed E-state index contributed by atoms with van der Waals surface area (Å²) in [6, 6.07) is 5.84. The van der Waals surface area contributed by atoms with Crippen molar-refractivity contribution in [2.75, 3.05) is 13.1 Å². The van der Waals surface area contributed by atoms with Crippen molar-refractivity contribution in [1.82, 2.24) is 9.62 Å². The van der Waals surface area contributed by atoms with Crippen molar-refractivity contribution in [1.29, 1.82) is 0 Å². The zero-order valence-electron chi connectivity index (χ0n) is 19.2. The first-order chi connectivity index (χ1) is 15.1. The summed E-state index contributed by atoms with van der Waals surface area (Å²) < 4.78 is 38.5. The maximum absolute atomic E-state index is 13.1. The highest BCUT2D eigenvalue weighted by Crippen LogP contribution is 2.24. The predicted molar refractivity (Wildman–Crippen MR) is 120 cm³/mol. The van der Waals surface area contributed by atoms with Crippen LogP contribution in [-0.2, 0) is 24.3 Å². The molecule has 178 valence electrons. The first-order valence-electron chi connectivity index (χ1n) is 11.3. The van der Waals surface area contributed by atoms with Gasteiger partial charge in [0.2, 0.25) is 10.0 Å². The third kappa shape index (κ3) is 5.88. The van der Waals surface area contributed by atoms with Crippen LogP contribution >= 0.6 is 0 Å². The number of benzene rings is 1. The lowest BCUT2D eigenvalue weighted by atomic mass is 9.86. The Bertz CT molecular complexity index is 924. The van der Waals surface area contributed by atoms with Crippen LogP contribution in [0.4, 0.5) is 0 Å². The number of amides is 1. The van der Waals surface area contributed by atoms with Gasteiger partial charge in [0.25, 0.3) is 5.91 Å². The molecule has 1 N–H and O–H groups in total. The summed E-state index contributed by atoms with van der Waals surface area (Å²) in [6.45, 7) is 7.79. The van der Waals surface area contributed by atoms with E-state index in [1.54, 1.807) is 0 Å². The predicted octanol–water partition coefficient (Wildman–Crippen LogP) is 2.72. The van der Waals surface area contributed by atoms with Crippen LogP contribution in [0.3, 0.4) is 0 Å². The molecular weight excluding hydrogens is 432 g/mol. The van der Waals surface area contributed by atoms with E-state index >= 15 is 0 Å². The Labute approximate surface area is 190 Å². The maximum atomic E-state index is 13.1. The Morgan fingerprint density at radius 3 is 2.44 bits per heavy atom. The highest BCUT2D eigenvalue weighted by molar-refractivity contribution is 7.89. The number of hydrogen-bond acceptors (Lipinski definition) is 6. The monoisotopic (exact) mass is 466 g/mol. The number of rotatable bonds is 6. The number of ether oxygens (including phenoxy) is 2. The van der Waals surface area contributed by atoms with Crippen LogP contribution in [-0.4, -0.2) is 62.0 Å². The van der Waals surface area contributed by atoms with Crippen LogP contribution in [0.1, 0.15) is 63.7 Å². The van der Waals surface area contributed by atoms with Crippen LogP contribution < -0.4 is 5.32 Å². The molecule has 1 saturated carbocycles. The lowest BCUT2D eigenvalue weighted by Gasteiger charge is -2.34. The molecule has 1 aliphatic heterocycles. The minimum Gasteiger partial charge on any atom is -0.449 e. The Kier molecular flexibility index (Phi) is 7.95. The number of esters is 1. The lowest BCUT2D eigenvalue weighted by Crippen LogP contribution is -2.48. The molecule has 1 aliphatic carbocycles. The van der Waals surface area contributed by atoms with Gasteiger partial charge in [-0.25, -0.2) is 13.2 Å². The highest BCUT2D eigenvalue weighted by Gasteiger charge is 2.33. The standard InChI is InChI=1S/C23H34N2O6S/c1-15-8-5-6-11-21(15)24-22(26)18(4)31-23(27)19-9-7-10-20(12-19)32(28,29)25-13-16(2)30-17(3)14-25/h7,9-10,12,15-18,21H,5-6,8,11,13-14H2,1-4H3,(H,24,26)/t15-,16-,17-,18-,21-/m1/s1. The second kappa shape index (κ2) is 10.3. The average molecular weight is 467 g/mol. The van der Waals surface area contributed by atoms with Crippen LogP contribution in [0.15, 0.2) is 29.2 Å². The molecule has 0 bridgehead atoms. The zero-order chi connectivity index (χ0) is 23.5. The van der Waals surface area contributed by atoms with Crippen LogP contribution in [0.5, 0.6) is 0 Å². The minimum absolute atomic E-state index is 0.0152. The van der Waals surface area contributed by atoms with Crippen molar-refractivity contribution >= 4 is 21.9 Å². The summed E-state index contributed by atoms with van der Waals surface area (Å²) in [5, 5.41) is 2.98. The quantitative estimate of drug-likeness (QED) is 0.647. The number of morpholine rings is 1. The molecule has 1 saturated heterocycles. The normalized spacial score (nSPS) is 28.0. The fourth-order valence-corrected chi connectivity index (χ4v) is 6.01. The fourth-order valence-electron chi connectivity index (χ4n) is 4.37. The van der Waals surface area contributed by atoms with Gasteiger partial charge in [0, 0.05) is 19.1 Å². The van der Waals surface area contributed by atoms with Gasteiger partial charge < -0.3 is 14.8 Å². The number of nitrogens with one attached hydrogen (secondary N) is 1. The number of hydrogen-bond donors (Lipinski definition) is 1. The lowest BCUT2D eigenvalue weighted by molar-refractivity contribution is -0.130. The molecule has 2 fully saturated rings. The fraction of sp³-hybridized carbons (Fsp3) is 0.652. The maximum Gasteiger partial charge on any atom is 0.338 e. The van der Waals surface area contributed by atoms with Crippen molar-refractivity contribution < 1.29 is 27.5 Å². The van der Waals surface area contributed by atoms with E-state index in [-0.39, 0.29) is 47.7 Å². The molecule has 1 aromatic rings.